The Morgan fingerprint density at radius 3 is 2.76 bits per heavy atom. The maximum Gasteiger partial charge on any atom is 0.0964 e. The Kier molecular flexibility index (Phi) is 6.35. The smallest absolute Gasteiger partial charge is 0.0964 e. The summed E-state index contributed by atoms with van der Waals surface area (Å²) in [5.41, 5.74) is 2.12. The van der Waals surface area contributed by atoms with E-state index in [4.69, 9.17) is 4.74 Å². The summed E-state index contributed by atoms with van der Waals surface area (Å²) < 4.78 is 8.55. The van der Waals surface area contributed by atoms with Crippen molar-refractivity contribution in [3.05, 3.63) is 46.2 Å². The molecule has 0 bridgehead atoms. The van der Waals surface area contributed by atoms with Crippen LogP contribution in [0.15, 0.2) is 34.9 Å². The number of benzene rings is 1. The molecule has 0 unspecified atom stereocenters. The van der Waals surface area contributed by atoms with Crippen molar-refractivity contribution in [2.75, 3.05) is 6.61 Å². The van der Waals surface area contributed by atoms with E-state index in [0.717, 1.165) is 16.7 Å². The van der Waals surface area contributed by atoms with E-state index in [1.54, 1.807) is 0 Å². The summed E-state index contributed by atoms with van der Waals surface area (Å²) in [6.45, 7) is 6.92. The molecule has 1 N–H and O–H groups in total. The molecule has 0 atom stereocenters. The monoisotopic (exact) mass is 352 g/mol. The van der Waals surface area contributed by atoms with Gasteiger partial charge < -0.3 is 10.1 Å². The zero-order valence-corrected chi connectivity index (χ0v) is 14.0. The summed E-state index contributed by atoms with van der Waals surface area (Å²) >= 11 is 3.42. The van der Waals surface area contributed by atoms with Gasteiger partial charge in [0.1, 0.15) is 0 Å². The molecule has 0 aliphatic rings. The average Bonchev–Trinajstić information content (AvgIpc) is 2.91. The summed E-state index contributed by atoms with van der Waals surface area (Å²) in [6, 6.07) is 8.59. The molecular formula is C15H21BrN4O. The Bertz CT molecular complexity index is 539. The van der Waals surface area contributed by atoms with Crippen LogP contribution in [0, 0.1) is 0 Å². The molecule has 0 saturated carbocycles. The van der Waals surface area contributed by atoms with Crippen LogP contribution < -0.4 is 5.32 Å². The standard InChI is InChI=1S/C15H21BrN4O/c1-12(2)17-9-15-10-20(19-18-15)7-8-21-11-13-3-5-14(16)6-4-13/h3-6,10,12,17H,7-9,11H2,1-2H3. The molecule has 0 aliphatic heterocycles. The van der Waals surface area contributed by atoms with Crippen LogP contribution in [0.25, 0.3) is 0 Å². The second kappa shape index (κ2) is 8.26. The lowest BCUT2D eigenvalue weighted by molar-refractivity contribution is 0.110. The van der Waals surface area contributed by atoms with Gasteiger partial charge in [-0.15, -0.1) is 5.10 Å². The molecule has 5 nitrogen and oxygen atoms in total. The zero-order chi connectivity index (χ0) is 15.1. The fraction of sp³-hybridized carbons (Fsp3) is 0.467. The molecule has 0 amide bonds. The lowest BCUT2D eigenvalue weighted by atomic mass is 10.2. The molecule has 1 heterocycles. The van der Waals surface area contributed by atoms with Crippen molar-refractivity contribution < 1.29 is 4.74 Å². The van der Waals surface area contributed by atoms with Gasteiger partial charge in [-0.3, -0.25) is 0 Å². The normalized spacial score (nSPS) is 11.2. The van der Waals surface area contributed by atoms with E-state index in [1.165, 1.54) is 5.56 Å². The van der Waals surface area contributed by atoms with Crippen LogP contribution in [0.5, 0.6) is 0 Å². The lowest BCUT2D eigenvalue weighted by Gasteiger charge is -2.05. The number of ether oxygens (including phenoxy) is 1. The van der Waals surface area contributed by atoms with E-state index in [9.17, 15) is 0 Å². The molecule has 0 fully saturated rings. The number of hydrogen-bond acceptors (Lipinski definition) is 4. The lowest BCUT2D eigenvalue weighted by Crippen LogP contribution is -2.21. The first-order chi connectivity index (χ1) is 10.1. The fourth-order valence-corrected chi connectivity index (χ4v) is 2.03. The molecule has 0 saturated heterocycles. The van der Waals surface area contributed by atoms with E-state index < -0.39 is 0 Å². The van der Waals surface area contributed by atoms with Gasteiger partial charge in [0.15, 0.2) is 0 Å². The average molecular weight is 353 g/mol. The van der Waals surface area contributed by atoms with Crippen LogP contribution >= 0.6 is 15.9 Å². The number of rotatable bonds is 8. The highest BCUT2D eigenvalue weighted by molar-refractivity contribution is 9.10. The van der Waals surface area contributed by atoms with Crippen LogP contribution in [0.1, 0.15) is 25.1 Å². The number of nitrogens with one attached hydrogen (secondary N) is 1. The maximum atomic E-state index is 5.65. The Balaban J connectivity index is 1.67. The number of nitrogens with zero attached hydrogens (tertiary/aromatic N) is 3. The van der Waals surface area contributed by atoms with Crippen LogP contribution in [-0.2, 0) is 24.4 Å². The summed E-state index contributed by atoms with van der Waals surface area (Å²) in [4.78, 5) is 0. The van der Waals surface area contributed by atoms with Gasteiger partial charge in [-0.2, -0.15) is 0 Å². The molecule has 21 heavy (non-hydrogen) atoms. The van der Waals surface area contributed by atoms with Crippen LogP contribution in [0.3, 0.4) is 0 Å². The van der Waals surface area contributed by atoms with E-state index in [-0.39, 0.29) is 0 Å². The Labute approximate surface area is 133 Å². The first-order valence-electron chi connectivity index (χ1n) is 7.08. The molecule has 114 valence electrons. The molecule has 1 aromatic heterocycles. The number of hydrogen-bond donors (Lipinski definition) is 1. The highest BCUT2D eigenvalue weighted by atomic mass is 79.9. The Hall–Kier alpha value is -1.24. The quantitative estimate of drug-likeness (QED) is 0.742. The largest absolute Gasteiger partial charge is 0.375 e. The van der Waals surface area contributed by atoms with Crippen molar-refractivity contribution in [2.24, 2.45) is 0 Å². The van der Waals surface area contributed by atoms with Crippen LogP contribution in [0.4, 0.5) is 0 Å². The van der Waals surface area contributed by atoms with Gasteiger partial charge in [-0.1, -0.05) is 47.1 Å². The summed E-state index contributed by atoms with van der Waals surface area (Å²) in [5.74, 6) is 0. The predicted octanol–water partition coefficient (Wildman–Crippen LogP) is 2.76. The summed E-state index contributed by atoms with van der Waals surface area (Å²) in [5, 5.41) is 11.5. The molecule has 0 radical (unpaired) electrons. The highest BCUT2D eigenvalue weighted by Gasteiger charge is 2.01. The minimum absolute atomic E-state index is 0.449. The van der Waals surface area contributed by atoms with Crippen molar-refractivity contribution in [2.45, 2.75) is 39.6 Å². The van der Waals surface area contributed by atoms with E-state index >= 15 is 0 Å². The third kappa shape index (κ3) is 5.95. The molecule has 0 spiro atoms. The second-order valence-electron chi connectivity index (χ2n) is 5.19. The number of halogens is 1. The topological polar surface area (TPSA) is 52.0 Å². The first-order valence-corrected chi connectivity index (χ1v) is 7.87. The minimum atomic E-state index is 0.449. The molecular weight excluding hydrogens is 332 g/mol. The van der Waals surface area contributed by atoms with Crippen LogP contribution in [0.2, 0.25) is 0 Å². The van der Waals surface area contributed by atoms with Crippen molar-refractivity contribution in [1.29, 1.82) is 0 Å². The van der Waals surface area contributed by atoms with Gasteiger partial charge in [-0.25, -0.2) is 4.68 Å². The van der Waals surface area contributed by atoms with Gasteiger partial charge in [0.05, 0.1) is 25.5 Å². The van der Waals surface area contributed by atoms with E-state index in [1.807, 2.05) is 23.0 Å². The zero-order valence-electron chi connectivity index (χ0n) is 12.4. The van der Waals surface area contributed by atoms with Gasteiger partial charge in [0.2, 0.25) is 0 Å². The van der Waals surface area contributed by atoms with Crippen molar-refractivity contribution >= 4 is 15.9 Å². The molecule has 1 aromatic carbocycles. The van der Waals surface area contributed by atoms with Gasteiger partial charge in [0.25, 0.3) is 0 Å². The van der Waals surface area contributed by atoms with E-state index in [2.05, 4.69) is 57.5 Å². The molecule has 0 aliphatic carbocycles. The second-order valence-corrected chi connectivity index (χ2v) is 6.10. The fourth-order valence-electron chi connectivity index (χ4n) is 1.77. The summed E-state index contributed by atoms with van der Waals surface area (Å²) in [7, 11) is 0. The van der Waals surface area contributed by atoms with E-state index in [0.29, 0.717) is 25.8 Å². The molecule has 6 heteroatoms. The van der Waals surface area contributed by atoms with Gasteiger partial charge in [-0.05, 0) is 17.7 Å². The molecule has 2 rings (SSSR count). The van der Waals surface area contributed by atoms with Crippen LogP contribution in [-0.4, -0.2) is 27.6 Å². The van der Waals surface area contributed by atoms with Crippen molar-refractivity contribution in [3.63, 3.8) is 0 Å². The SMILES string of the molecule is CC(C)NCc1cn(CCOCc2ccc(Br)cc2)nn1. The Morgan fingerprint density at radius 1 is 1.29 bits per heavy atom. The maximum absolute atomic E-state index is 5.65. The highest BCUT2D eigenvalue weighted by Crippen LogP contribution is 2.11. The Morgan fingerprint density at radius 2 is 2.05 bits per heavy atom. The third-order valence-corrected chi connectivity index (χ3v) is 3.45. The number of aromatic nitrogens is 3. The van der Waals surface area contributed by atoms with Gasteiger partial charge in [0, 0.05) is 23.3 Å². The third-order valence-electron chi connectivity index (χ3n) is 2.92. The van der Waals surface area contributed by atoms with Crippen molar-refractivity contribution in [1.82, 2.24) is 20.3 Å². The summed E-state index contributed by atoms with van der Waals surface area (Å²) in [6.07, 6.45) is 1.96. The van der Waals surface area contributed by atoms with Crippen molar-refractivity contribution in [3.8, 4) is 0 Å². The first kappa shape index (κ1) is 16.1. The predicted molar refractivity (Wildman–Crippen MR) is 85.8 cm³/mol. The minimum Gasteiger partial charge on any atom is -0.375 e. The van der Waals surface area contributed by atoms with Gasteiger partial charge >= 0.3 is 0 Å². The molecule has 2 aromatic rings.